The van der Waals surface area contributed by atoms with Gasteiger partial charge in [0, 0.05) is 0 Å². The number of aliphatic hydroxyl groups excluding tert-OH is 1. The molecule has 1 heteroatoms. The molecule has 3 saturated carbocycles. The zero-order chi connectivity index (χ0) is 13.3. The Morgan fingerprint density at radius 2 is 2.00 bits per heavy atom. The summed E-state index contributed by atoms with van der Waals surface area (Å²) in [6.45, 7) is 2.36. The molecule has 3 aliphatic carbocycles. The van der Waals surface area contributed by atoms with Crippen LogP contribution in [0.3, 0.4) is 0 Å². The maximum atomic E-state index is 9.75. The zero-order valence-corrected chi connectivity index (χ0v) is 12.3. The molecule has 1 spiro atoms. The first kappa shape index (κ1) is 13.4. The summed E-state index contributed by atoms with van der Waals surface area (Å²) in [5, 5.41) is 9.75. The molecule has 0 aliphatic heterocycles. The maximum absolute atomic E-state index is 9.75. The Morgan fingerprint density at radius 3 is 2.68 bits per heavy atom. The van der Waals surface area contributed by atoms with Crippen molar-refractivity contribution in [2.45, 2.75) is 77.2 Å². The minimum atomic E-state index is -0.0819. The number of aliphatic hydroxyl groups is 1. The fraction of sp³-hybridized carbons (Fsp3) is 0.778. The second kappa shape index (κ2) is 5.44. The highest BCUT2D eigenvalue weighted by Crippen LogP contribution is 2.61. The third kappa shape index (κ3) is 2.81. The standard InChI is InChI=1S/C18H28O/c1-2-17-15(6-4-10-18(17)11-12-18)9-8-14-5-3-7-16(19)13-14/h8-9,16-17,19H,2-7,10-13H2,1H3/b14-8-,15-9+/t16-,17?/m0/s1. The lowest BCUT2D eigenvalue weighted by molar-refractivity contribution is 0.149. The molecule has 0 radical (unpaired) electrons. The van der Waals surface area contributed by atoms with Gasteiger partial charge < -0.3 is 5.11 Å². The molecule has 0 saturated heterocycles. The van der Waals surface area contributed by atoms with Crippen molar-refractivity contribution in [2.24, 2.45) is 11.3 Å². The van der Waals surface area contributed by atoms with Crippen LogP contribution in [0, 0.1) is 11.3 Å². The van der Waals surface area contributed by atoms with E-state index in [1.165, 1.54) is 50.5 Å². The van der Waals surface area contributed by atoms with Crippen molar-refractivity contribution in [1.29, 1.82) is 0 Å². The van der Waals surface area contributed by atoms with Gasteiger partial charge in [-0.05, 0) is 75.5 Å². The average molecular weight is 260 g/mol. The van der Waals surface area contributed by atoms with Crippen LogP contribution in [0.25, 0.3) is 0 Å². The second-order valence-corrected chi connectivity index (χ2v) is 6.99. The van der Waals surface area contributed by atoms with Gasteiger partial charge in [0.1, 0.15) is 0 Å². The molecular weight excluding hydrogens is 232 g/mol. The summed E-state index contributed by atoms with van der Waals surface area (Å²) in [4.78, 5) is 0. The van der Waals surface area contributed by atoms with Crippen LogP contribution in [0.15, 0.2) is 23.3 Å². The topological polar surface area (TPSA) is 20.2 Å². The highest BCUT2D eigenvalue weighted by Gasteiger charge is 2.50. The van der Waals surface area contributed by atoms with E-state index in [4.69, 9.17) is 0 Å². The van der Waals surface area contributed by atoms with Crippen molar-refractivity contribution < 1.29 is 5.11 Å². The van der Waals surface area contributed by atoms with Gasteiger partial charge in [0.2, 0.25) is 0 Å². The predicted molar refractivity (Wildman–Crippen MR) is 79.9 cm³/mol. The Bertz CT molecular complexity index is 386. The highest BCUT2D eigenvalue weighted by atomic mass is 16.3. The van der Waals surface area contributed by atoms with Gasteiger partial charge in [0.05, 0.1) is 6.10 Å². The Morgan fingerprint density at radius 1 is 1.16 bits per heavy atom. The van der Waals surface area contributed by atoms with E-state index < -0.39 is 0 Å². The second-order valence-electron chi connectivity index (χ2n) is 6.99. The van der Waals surface area contributed by atoms with Crippen molar-refractivity contribution in [2.75, 3.05) is 0 Å². The molecule has 19 heavy (non-hydrogen) atoms. The average Bonchev–Trinajstić information content (AvgIpc) is 3.17. The Hall–Kier alpha value is -0.560. The van der Waals surface area contributed by atoms with Gasteiger partial charge in [-0.15, -0.1) is 0 Å². The third-order valence-corrected chi connectivity index (χ3v) is 5.69. The van der Waals surface area contributed by atoms with Crippen molar-refractivity contribution in [1.82, 2.24) is 0 Å². The van der Waals surface area contributed by atoms with E-state index in [9.17, 15) is 5.11 Å². The first-order chi connectivity index (χ1) is 9.23. The molecule has 0 aromatic heterocycles. The van der Waals surface area contributed by atoms with E-state index in [2.05, 4.69) is 19.1 Å². The molecule has 0 aromatic carbocycles. The molecule has 1 unspecified atom stereocenters. The van der Waals surface area contributed by atoms with Crippen LogP contribution in [0.4, 0.5) is 0 Å². The van der Waals surface area contributed by atoms with Crippen LogP contribution in [0.5, 0.6) is 0 Å². The summed E-state index contributed by atoms with van der Waals surface area (Å²) in [5.41, 5.74) is 3.89. The quantitative estimate of drug-likeness (QED) is 0.758. The smallest absolute Gasteiger partial charge is 0.0577 e. The third-order valence-electron chi connectivity index (χ3n) is 5.69. The van der Waals surface area contributed by atoms with E-state index in [0.29, 0.717) is 5.41 Å². The monoisotopic (exact) mass is 260 g/mol. The fourth-order valence-electron chi connectivity index (χ4n) is 4.49. The largest absolute Gasteiger partial charge is 0.393 e. The molecule has 0 bridgehead atoms. The van der Waals surface area contributed by atoms with E-state index in [0.717, 1.165) is 25.2 Å². The maximum Gasteiger partial charge on any atom is 0.0577 e. The van der Waals surface area contributed by atoms with Gasteiger partial charge in [-0.25, -0.2) is 0 Å². The van der Waals surface area contributed by atoms with Crippen LogP contribution in [-0.4, -0.2) is 11.2 Å². The lowest BCUT2D eigenvalue weighted by Gasteiger charge is -2.33. The zero-order valence-electron chi connectivity index (χ0n) is 12.3. The van der Waals surface area contributed by atoms with Crippen LogP contribution < -0.4 is 0 Å². The Labute approximate surface area is 117 Å². The van der Waals surface area contributed by atoms with Crippen LogP contribution in [-0.2, 0) is 0 Å². The van der Waals surface area contributed by atoms with E-state index >= 15 is 0 Å². The van der Waals surface area contributed by atoms with Gasteiger partial charge in [0.15, 0.2) is 0 Å². The predicted octanol–water partition coefficient (Wildman–Crippen LogP) is 4.76. The SMILES string of the molecule is CCC1/C(=C/C=C2/CCC[C@H](O)C2)CCCC12CC2. The van der Waals surface area contributed by atoms with Crippen molar-refractivity contribution >= 4 is 0 Å². The molecule has 3 aliphatic rings. The van der Waals surface area contributed by atoms with E-state index in [1.54, 1.807) is 5.57 Å². The molecule has 106 valence electrons. The molecule has 1 nitrogen and oxygen atoms in total. The summed E-state index contributed by atoms with van der Waals surface area (Å²) >= 11 is 0. The molecule has 0 aromatic rings. The summed E-state index contributed by atoms with van der Waals surface area (Å²) in [7, 11) is 0. The minimum absolute atomic E-state index is 0.0819. The summed E-state index contributed by atoms with van der Waals surface area (Å²) < 4.78 is 0. The van der Waals surface area contributed by atoms with Gasteiger partial charge in [-0.3, -0.25) is 0 Å². The van der Waals surface area contributed by atoms with E-state index in [-0.39, 0.29) is 6.10 Å². The number of allylic oxidation sites excluding steroid dienone is 3. The fourth-order valence-corrected chi connectivity index (χ4v) is 4.49. The summed E-state index contributed by atoms with van der Waals surface area (Å²) in [6, 6.07) is 0. The van der Waals surface area contributed by atoms with E-state index in [1.807, 2.05) is 0 Å². The van der Waals surface area contributed by atoms with Crippen LogP contribution >= 0.6 is 0 Å². The molecule has 3 fully saturated rings. The molecular formula is C18H28O. The minimum Gasteiger partial charge on any atom is -0.393 e. The molecule has 0 heterocycles. The first-order valence-electron chi connectivity index (χ1n) is 8.30. The Kier molecular flexibility index (Phi) is 3.84. The lowest BCUT2D eigenvalue weighted by atomic mass is 9.71. The van der Waals surface area contributed by atoms with Crippen LogP contribution in [0.2, 0.25) is 0 Å². The molecule has 3 rings (SSSR count). The number of hydrogen-bond acceptors (Lipinski definition) is 1. The number of rotatable bonds is 2. The van der Waals surface area contributed by atoms with Gasteiger partial charge in [-0.2, -0.15) is 0 Å². The van der Waals surface area contributed by atoms with Gasteiger partial charge in [-0.1, -0.05) is 30.2 Å². The van der Waals surface area contributed by atoms with Crippen LogP contribution in [0.1, 0.15) is 71.1 Å². The highest BCUT2D eigenvalue weighted by molar-refractivity contribution is 5.26. The summed E-state index contributed by atoms with van der Waals surface area (Å²) in [6.07, 6.45) is 17.4. The Balaban J connectivity index is 1.72. The van der Waals surface area contributed by atoms with Crippen molar-refractivity contribution in [3.8, 4) is 0 Å². The molecule has 0 amide bonds. The molecule has 2 atom stereocenters. The molecule has 1 N–H and O–H groups in total. The lowest BCUT2D eigenvalue weighted by Crippen LogP contribution is -2.22. The summed E-state index contributed by atoms with van der Waals surface area (Å²) in [5.74, 6) is 0.853. The van der Waals surface area contributed by atoms with Gasteiger partial charge >= 0.3 is 0 Å². The normalized spacial score (nSPS) is 38.0. The van der Waals surface area contributed by atoms with Crippen molar-refractivity contribution in [3.63, 3.8) is 0 Å². The van der Waals surface area contributed by atoms with Gasteiger partial charge in [0.25, 0.3) is 0 Å². The first-order valence-corrected chi connectivity index (χ1v) is 8.30. The number of hydrogen-bond donors (Lipinski definition) is 1. The van der Waals surface area contributed by atoms with Crippen molar-refractivity contribution in [3.05, 3.63) is 23.3 Å².